The van der Waals surface area contributed by atoms with Crippen molar-refractivity contribution >= 4 is 19.8 Å². The summed E-state index contributed by atoms with van der Waals surface area (Å²) >= 11 is 0. The van der Waals surface area contributed by atoms with Gasteiger partial charge in [-0.1, -0.05) is 139 Å². The highest BCUT2D eigenvalue weighted by atomic mass is 31.2. The summed E-state index contributed by atoms with van der Waals surface area (Å²) in [6.07, 6.45) is 45.0. The molecule has 288 valence electrons. The molecule has 0 aliphatic carbocycles. The van der Waals surface area contributed by atoms with E-state index in [1.807, 2.05) is 0 Å². The zero-order chi connectivity index (χ0) is 36.8. The van der Waals surface area contributed by atoms with Crippen LogP contribution in [-0.2, 0) is 28.2 Å². The van der Waals surface area contributed by atoms with Crippen LogP contribution in [0.25, 0.3) is 0 Å². The summed E-state index contributed by atoms with van der Waals surface area (Å²) in [6.45, 7) is 3.59. The number of carbonyl (C=O) groups is 2. The van der Waals surface area contributed by atoms with Gasteiger partial charge in [-0.05, 0) is 77.0 Å². The van der Waals surface area contributed by atoms with Crippen LogP contribution in [-0.4, -0.2) is 41.0 Å². The van der Waals surface area contributed by atoms with E-state index in [-0.39, 0.29) is 19.4 Å². The maximum Gasteiger partial charge on any atom is 0.469 e. The number of rotatable bonds is 35. The molecule has 0 aromatic heterocycles. The van der Waals surface area contributed by atoms with Gasteiger partial charge in [0.2, 0.25) is 0 Å². The maximum atomic E-state index is 12.4. The number of ether oxygens (including phenoxy) is 2. The standard InChI is InChI=1S/C41H71O8P/c1-3-5-7-9-11-13-15-17-19-20-22-23-25-27-29-31-33-35-40(42)47-37-39(38-48-50(44,45)46)49-41(43)36-34-32-30-28-26-24-21-18-16-14-12-10-8-6-4-2/h11,13-14,16-19,21-23,39H,3-10,12,15,20,24-38H2,1-2H3,(H2,44,45,46)/b13-11+,16-14+,19-17+,21-18+,23-22+/t39-/m1/s1. The molecule has 0 fully saturated rings. The van der Waals surface area contributed by atoms with Crippen LogP contribution in [0.5, 0.6) is 0 Å². The third-order valence-electron chi connectivity index (χ3n) is 8.04. The predicted molar refractivity (Wildman–Crippen MR) is 207 cm³/mol. The molecule has 8 nitrogen and oxygen atoms in total. The minimum Gasteiger partial charge on any atom is -0.462 e. The first kappa shape index (κ1) is 47.8. The average Bonchev–Trinajstić information content (AvgIpc) is 3.08. The highest BCUT2D eigenvalue weighted by Crippen LogP contribution is 2.36. The first-order valence-electron chi connectivity index (χ1n) is 19.6. The third kappa shape index (κ3) is 38.6. The molecule has 0 radical (unpaired) electrons. The van der Waals surface area contributed by atoms with E-state index in [2.05, 4.69) is 79.1 Å². The Morgan fingerprint density at radius 2 is 0.960 bits per heavy atom. The van der Waals surface area contributed by atoms with Crippen molar-refractivity contribution in [1.82, 2.24) is 0 Å². The lowest BCUT2D eigenvalue weighted by Gasteiger charge is -2.18. The summed E-state index contributed by atoms with van der Waals surface area (Å²) in [5.41, 5.74) is 0. The van der Waals surface area contributed by atoms with Crippen LogP contribution in [0.1, 0.15) is 168 Å². The molecule has 0 spiro atoms. The summed E-state index contributed by atoms with van der Waals surface area (Å²) in [6, 6.07) is 0. The number of phosphoric ester groups is 1. The summed E-state index contributed by atoms with van der Waals surface area (Å²) in [4.78, 5) is 42.7. The summed E-state index contributed by atoms with van der Waals surface area (Å²) < 4.78 is 26.3. The fourth-order valence-electron chi connectivity index (χ4n) is 5.07. The largest absolute Gasteiger partial charge is 0.469 e. The van der Waals surface area contributed by atoms with Crippen molar-refractivity contribution in [1.29, 1.82) is 0 Å². The molecule has 0 bridgehead atoms. The Morgan fingerprint density at radius 3 is 1.50 bits per heavy atom. The van der Waals surface area contributed by atoms with Crippen LogP contribution < -0.4 is 0 Å². The third-order valence-corrected chi connectivity index (χ3v) is 8.52. The number of carbonyl (C=O) groups excluding carboxylic acids is 2. The first-order chi connectivity index (χ1) is 24.3. The highest BCUT2D eigenvalue weighted by Gasteiger charge is 2.22. The summed E-state index contributed by atoms with van der Waals surface area (Å²) in [7, 11) is -4.76. The number of hydrogen-bond acceptors (Lipinski definition) is 6. The molecule has 1 atom stereocenters. The van der Waals surface area contributed by atoms with Crippen molar-refractivity contribution in [2.45, 2.75) is 174 Å². The lowest BCUT2D eigenvalue weighted by Crippen LogP contribution is -2.29. The Bertz CT molecular complexity index is 995. The topological polar surface area (TPSA) is 119 Å². The lowest BCUT2D eigenvalue weighted by atomic mass is 10.1. The van der Waals surface area contributed by atoms with E-state index in [1.54, 1.807) is 0 Å². The number of unbranched alkanes of at least 4 members (excludes halogenated alkanes) is 16. The van der Waals surface area contributed by atoms with E-state index >= 15 is 0 Å². The van der Waals surface area contributed by atoms with Gasteiger partial charge >= 0.3 is 19.8 Å². The SMILES string of the molecule is CCCCC/C=C/C/C=C/C/C=C/CCCCCCC(=O)OC[C@H](COP(=O)(O)O)OC(=O)CCCCCCC/C=C/C=C/CCCCCC. The second-order valence-electron chi connectivity index (χ2n) is 12.9. The number of phosphoric acid groups is 1. The second kappa shape index (κ2) is 36.5. The molecule has 0 aromatic carbocycles. The Labute approximate surface area is 305 Å². The molecule has 0 aliphatic heterocycles. The van der Waals surface area contributed by atoms with Crippen LogP contribution in [0.3, 0.4) is 0 Å². The fraction of sp³-hybridized carbons (Fsp3) is 0.707. The van der Waals surface area contributed by atoms with Crippen LogP contribution in [0, 0.1) is 0 Å². The van der Waals surface area contributed by atoms with Crippen molar-refractivity contribution in [2.75, 3.05) is 13.2 Å². The highest BCUT2D eigenvalue weighted by molar-refractivity contribution is 7.46. The molecule has 0 saturated carbocycles. The fourth-order valence-corrected chi connectivity index (χ4v) is 5.44. The van der Waals surface area contributed by atoms with Gasteiger partial charge in [0.05, 0.1) is 6.61 Å². The van der Waals surface area contributed by atoms with E-state index in [9.17, 15) is 14.2 Å². The van der Waals surface area contributed by atoms with Crippen molar-refractivity contribution in [3.63, 3.8) is 0 Å². The lowest BCUT2D eigenvalue weighted by molar-refractivity contribution is -0.161. The minimum absolute atomic E-state index is 0.187. The van der Waals surface area contributed by atoms with E-state index in [1.165, 1.54) is 51.4 Å². The van der Waals surface area contributed by atoms with Gasteiger partial charge in [-0.3, -0.25) is 14.1 Å². The quantitative estimate of drug-likeness (QED) is 0.0218. The van der Waals surface area contributed by atoms with Gasteiger partial charge < -0.3 is 19.3 Å². The first-order valence-corrected chi connectivity index (χ1v) is 21.1. The Morgan fingerprint density at radius 1 is 0.540 bits per heavy atom. The Kier molecular flexibility index (Phi) is 34.9. The molecule has 0 aliphatic rings. The van der Waals surface area contributed by atoms with Gasteiger partial charge in [0.1, 0.15) is 6.61 Å². The molecule has 0 amide bonds. The van der Waals surface area contributed by atoms with Gasteiger partial charge in [0.25, 0.3) is 0 Å². The molecule has 50 heavy (non-hydrogen) atoms. The molecule has 0 saturated heterocycles. The summed E-state index contributed by atoms with van der Waals surface area (Å²) in [5, 5.41) is 0. The van der Waals surface area contributed by atoms with Gasteiger partial charge in [0, 0.05) is 12.8 Å². The Hall–Kier alpha value is -2.25. The molecular formula is C41H71O8P. The number of allylic oxidation sites excluding steroid dienone is 10. The zero-order valence-electron chi connectivity index (χ0n) is 31.5. The van der Waals surface area contributed by atoms with Crippen LogP contribution in [0.15, 0.2) is 60.8 Å². The van der Waals surface area contributed by atoms with Crippen molar-refractivity contribution in [3.8, 4) is 0 Å². The van der Waals surface area contributed by atoms with Gasteiger partial charge in [0.15, 0.2) is 6.10 Å². The van der Waals surface area contributed by atoms with Gasteiger partial charge in [-0.2, -0.15) is 0 Å². The van der Waals surface area contributed by atoms with Crippen molar-refractivity contribution in [2.24, 2.45) is 0 Å². The predicted octanol–water partition coefficient (Wildman–Crippen LogP) is 11.7. The van der Waals surface area contributed by atoms with Crippen molar-refractivity contribution < 1.29 is 37.9 Å². The minimum atomic E-state index is -4.76. The van der Waals surface area contributed by atoms with Crippen molar-refractivity contribution in [3.05, 3.63) is 60.8 Å². The molecule has 2 N–H and O–H groups in total. The van der Waals surface area contributed by atoms with E-state index in [4.69, 9.17) is 19.3 Å². The molecule has 0 rings (SSSR count). The summed E-state index contributed by atoms with van der Waals surface area (Å²) in [5.74, 6) is -0.932. The second-order valence-corrected chi connectivity index (χ2v) is 14.2. The van der Waals surface area contributed by atoms with Crippen LogP contribution in [0.2, 0.25) is 0 Å². The molecule has 0 unspecified atom stereocenters. The maximum absolute atomic E-state index is 12.4. The van der Waals surface area contributed by atoms with E-state index < -0.39 is 32.5 Å². The normalized spacial score (nSPS) is 13.1. The van der Waals surface area contributed by atoms with Gasteiger partial charge in [-0.25, -0.2) is 4.57 Å². The molecular weight excluding hydrogens is 651 g/mol. The Balaban J connectivity index is 4.04. The van der Waals surface area contributed by atoms with E-state index in [0.29, 0.717) is 12.8 Å². The van der Waals surface area contributed by atoms with E-state index in [0.717, 1.165) is 77.0 Å². The molecule has 0 heterocycles. The zero-order valence-corrected chi connectivity index (χ0v) is 32.4. The van der Waals surface area contributed by atoms with Gasteiger partial charge in [-0.15, -0.1) is 0 Å². The van der Waals surface area contributed by atoms with Crippen LogP contribution in [0.4, 0.5) is 0 Å². The molecule has 9 heteroatoms. The number of hydrogen-bond donors (Lipinski definition) is 2. The molecule has 0 aromatic rings. The van der Waals surface area contributed by atoms with Crippen LogP contribution >= 0.6 is 7.82 Å². The average molecular weight is 723 g/mol. The number of esters is 2. The smallest absolute Gasteiger partial charge is 0.462 e. The monoisotopic (exact) mass is 722 g/mol.